The molecule has 0 saturated heterocycles. The van der Waals surface area contributed by atoms with Crippen molar-refractivity contribution in [2.75, 3.05) is 13.1 Å². The van der Waals surface area contributed by atoms with Crippen LogP contribution in [0.5, 0.6) is 0 Å². The average molecular weight is 302 g/mol. The van der Waals surface area contributed by atoms with Gasteiger partial charge in [-0.25, -0.2) is 4.98 Å². The molecule has 1 atom stereocenters. The molecule has 1 aliphatic rings. The molecular weight excluding hydrogens is 284 g/mol. The molecule has 4 nitrogen and oxygen atoms in total. The highest BCUT2D eigenvalue weighted by Gasteiger charge is 2.32. The summed E-state index contributed by atoms with van der Waals surface area (Å²) in [6.07, 6.45) is 1.78. The van der Waals surface area contributed by atoms with Gasteiger partial charge in [0.1, 0.15) is 6.04 Å². The molecule has 21 heavy (non-hydrogen) atoms. The number of benzene rings is 1. The van der Waals surface area contributed by atoms with E-state index in [1.54, 1.807) is 11.3 Å². The minimum atomic E-state index is -0.761. The third-order valence-corrected chi connectivity index (χ3v) is 5.08. The zero-order valence-electron chi connectivity index (χ0n) is 12.0. The van der Waals surface area contributed by atoms with Crippen molar-refractivity contribution >= 4 is 17.3 Å². The molecule has 0 amide bonds. The summed E-state index contributed by atoms with van der Waals surface area (Å²) in [7, 11) is 0. The molecule has 0 spiro atoms. The average Bonchev–Trinajstić information content (AvgIpc) is 2.89. The van der Waals surface area contributed by atoms with E-state index in [9.17, 15) is 9.90 Å². The Morgan fingerprint density at radius 1 is 1.48 bits per heavy atom. The largest absolute Gasteiger partial charge is 0.480 e. The van der Waals surface area contributed by atoms with Gasteiger partial charge in [0.05, 0.1) is 11.2 Å². The molecule has 3 rings (SSSR count). The van der Waals surface area contributed by atoms with Crippen molar-refractivity contribution in [3.05, 3.63) is 51.5 Å². The lowest BCUT2D eigenvalue weighted by Gasteiger charge is -2.34. The second-order valence-corrected chi connectivity index (χ2v) is 6.28. The summed E-state index contributed by atoms with van der Waals surface area (Å²) in [5.41, 5.74) is 5.02. The van der Waals surface area contributed by atoms with Crippen LogP contribution >= 0.6 is 11.3 Å². The van der Waals surface area contributed by atoms with Crippen LogP contribution in [0.4, 0.5) is 0 Å². The van der Waals surface area contributed by atoms with E-state index in [0.717, 1.165) is 42.8 Å². The topological polar surface area (TPSA) is 53.4 Å². The first-order valence-electron chi connectivity index (χ1n) is 7.10. The van der Waals surface area contributed by atoms with E-state index in [0.29, 0.717) is 0 Å². The van der Waals surface area contributed by atoms with Gasteiger partial charge in [0, 0.05) is 18.0 Å². The van der Waals surface area contributed by atoms with E-state index in [1.807, 2.05) is 36.7 Å². The van der Waals surface area contributed by atoms with Crippen molar-refractivity contribution in [3.8, 4) is 0 Å². The normalized spacial score (nSPS) is 18.4. The lowest BCUT2D eigenvalue weighted by molar-refractivity contribution is -0.144. The molecule has 0 bridgehead atoms. The number of thiazole rings is 1. The molecule has 1 N–H and O–H groups in total. The van der Waals surface area contributed by atoms with Crippen LogP contribution in [-0.4, -0.2) is 34.0 Å². The Bertz CT molecular complexity index is 653. The predicted molar refractivity (Wildman–Crippen MR) is 82.7 cm³/mol. The van der Waals surface area contributed by atoms with Gasteiger partial charge in [-0.05, 0) is 30.9 Å². The third kappa shape index (κ3) is 2.84. The van der Waals surface area contributed by atoms with Gasteiger partial charge < -0.3 is 5.11 Å². The molecular formula is C16H18N2O2S. The van der Waals surface area contributed by atoms with Crippen LogP contribution in [0.1, 0.15) is 27.7 Å². The molecule has 2 heterocycles. The van der Waals surface area contributed by atoms with Gasteiger partial charge in [-0.15, -0.1) is 11.3 Å². The minimum Gasteiger partial charge on any atom is -0.480 e. The Labute approximate surface area is 128 Å². The Balaban J connectivity index is 1.79. The Morgan fingerprint density at radius 3 is 3.00 bits per heavy atom. The quantitative estimate of drug-likeness (QED) is 0.943. The maximum absolute atomic E-state index is 11.7. The van der Waals surface area contributed by atoms with E-state index < -0.39 is 12.0 Å². The Hall–Kier alpha value is -1.72. The van der Waals surface area contributed by atoms with Crippen molar-refractivity contribution in [2.24, 2.45) is 0 Å². The number of carbonyl (C=O) groups is 1. The molecule has 110 valence electrons. The van der Waals surface area contributed by atoms with Crippen molar-refractivity contribution in [3.63, 3.8) is 0 Å². The molecule has 1 aliphatic heterocycles. The van der Waals surface area contributed by atoms with Crippen molar-refractivity contribution in [1.29, 1.82) is 0 Å². The van der Waals surface area contributed by atoms with Crippen molar-refractivity contribution in [2.45, 2.75) is 25.8 Å². The van der Waals surface area contributed by atoms with Crippen LogP contribution < -0.4 is 0 Å². The standard InChI is InChI=1S/C16H18N2O2S/c1-11-14(21-10-17-11)7-9-18-8-6-12-4-2-3-5-13(12)15(18)16(19)20/h2-5,10,15H,6-9H2,1H3,(H,19,20). The van der Waals surface area contributed by atoms with E-state index in [1.165, 1.54) is 4.88 Å². The summed E-state index contributed by atoms with van der Waals surface area (Å²) in [5.74, 6) is -0.761. The SMILES string of the molecule is Cc1ncsc1CCN1CCc2ccccc2C1C(=O)O. The fraction of sp³-hybridized carbons (Fsp3) is 0.375. The number of carboxylic acid groups (broad SMARTS) is 1. The minimum absolute atomic E-state index is 0.525. The summed E-state index contributed by atoms with van der Waals surface area (Å²) in [4.78, 5) is 19.3. The second kappa shape index (κ2) is 5.95. The van der Waals surface area contributed by atoms with Gasteiger partial charge in [0.15, 0.2) is 0 Å². The van der Waals surface area contributed by atoms with E-state index in [2.05, 4.69) is 9.88 Å². The lowest BCUT2D eigenvalue weighted by Crippen LogP contribution is -2.40. The zero-order valence-corrected chi connectivity index (χ0v) is 12.8. The smallest absolute Gasteiger partial charge is 0.325 e. The molecule has 1 aromatic heterocycles. The van der Waals surface area contributed by atoms with Gasteiger partial charge in [-0.1, -0.05) is 24.3 Å². The molecule has 1 aromatic carbocycles. The molecule has 0 radical (unpaired) electrons. The lowest BCUT2D eigenvalue weighted by atomic mass is 9.92. The summed E-state index contributed by atoms with van der Waals surface area (Å²) >= 11 is 1.65. The number of hydrogen-bond acceptors (Lipinski definition) is 4. The number of carboxylic acids is 1. The van der Waals surface area contributed by atoms with Gasteiger partial charge in [-0.2, -0.15) is 0 Å². The predicted octanol–water partition coefficient (Wildman–Crippen LogP) is 2.68. The molecule has 5 heteroatoms. The van der Waals surface area contributed by atoms with Gasteiger partial charge >= 0.3 is 5.97 Å². The maximum atomic E-state index is 11.7. The first-order valence-corrected chi connectivity index (χ1v) is 7.98. The highest BCUT2D eigenvalue weighted by Crippen LogP contribution is 2.30. The zero-order chi connectivity index (χ0) is 14.8. The second-order valence-electron chi connectivity index (χ2n) is 5.34. The summed E-state index contributed by atoms with van der Waals surface area (Å²) in [5, 5.41) is 9.62. The Morgan fingerprint density at radius 2 is 2.29 bits per heavy atom. The number of aliphatic carboxylic acids is 1. The van der Waals surface area contributed by atoms with Crippen LogP contribution in [0.2, 0.25) is 0 Å². The molecule has 0 fully saturated rings. The highest BCUT2D eigenvalue weighted by atomic mass is 32.1. The number of rotatable bonds is 4. The van der Waals surface area contributed by atoms with Crippen molar-refractivity contribution in [1.82, 2.24) is 9.88 Å². The third-order valence-electron chi connectivity index (χ3n) is 4.09. The fourth-order valence-corrected chi connectivity index (χ4v) is 3.73. The van der Waals surface area contributed by atoms with Gasteiger partial charge in [0.25, 0.3) is 0 Å². The number of hydrogen-bond donors (Lipinski definition) is 1. The molecule has 2 aromatic rings. The van der Waals surface area contributed by atoms with Crippen LogP contribution in [0.25, 0.3) is 0 Å². The molecule has 0 saturated carbocycles. The Kier molecular flexibility index (Phi) is 4.03. The number of nitrogens with zero attached hydrogens (tertiary/aromatic N) is 2. The van der Waals surface area contributed by atoms with E-state index in [-0.39, 0.29) is 0 Å². The van der Waals surface area contributed by atoms with Crippen LogP contribution in [0.15, 0.2) is 29.8 Å². The van der Waals surface area contributed by atoms with Gasteiger partial charge in [-0.3, -0.25) is 9.69 Å². The number of aromatic nitrogens is 1. The van der Waals surface area contributed by atoms with Crippen molar-refractivity contribution < 1.29 is 9.90 Å². The molecule has 0 aliphatic carbocycles. The van der Waals surface area contributed by atoms with Crippen LogP contribution in [-0.2, 0) is 17.6 Å². The first kappa shape index (κ1) is 14.2. The number of aryl methyl sites for hydroxylation is 1. The van der Waals surface area contributed by atoms with E-state index in [4.69, 9.17) is 0 Å². The fourth-order valence-electron chi connectivity index (χ4n) is 2.96. The van der Waals surface area contributed by atoms with Crippen LogP contribution in [0, 0.1) is 6.92 Å². The first-order chi connectivity index (χ1) is 10.2. The maximum Gasteiger partial charge on any atom is 0.325 e. The van der Waals surface area contributed by atoms with Crippen LogP contribution in [0.3, 0.4) is 0 Å². The molecule has 1 unspecified atom stereocenters. The van der Waals surface area contributed by atoms with E-state index >= 15 is 0 Å². The highest BCUT2D eigenvalue weighted by molar-refractivity contribution is 7.09. The summed E-state index contributed by atoms with van der Waals surface area (Å²) in [6, 6.07) is 7.36. The monoisotopic (exact) mass is 302 g/mol. The summed E-state index contributed by atoms with van der Waals surface area (Å²) < 4.78 is 0. The van der Waals surface area contributed by atoms with Gasteiger partial charge in [0.2, 0.25) is 0 Å². The number of fused-ring (bicyclic) bond motifs is 1. The summed E-state index contributed by atoms with van der Waals surface area (Å²) in [6.45, 7) is 3.56.